The van der Waals surface area contributed by atoms with Gasteiger partial charge in [-0.2, -0.15) is 13.2 Å². The molecule has 0 spiro atoms. The van der Waals surface area contributed by atoms with Crippen molar-refractivity contribution in [1.82, 2.24) is 0 Å². The molecule has 0 radical (unpaired) electrons. The highest BCUT2D eigenvalue weighted by Crippen LogP contribution is 2.33. The summed E-state index contributed by atoms with van der Waals surface area (Å²) in [5.41, 5.74) is 3.68. The lowest BCUT2D eigenvalue weighted by atomic mass is 9.97. The summed E-state index contributed by atoms with van der Waals surface area (Å²) in [5, 5.41) is 12.8. The van der Waals surface area contributed by atoms with Crippen molar-refractivity contribution in [3.63, 3.8) is 0 Å². The molecule has 3 aromatic rings. The van der Waals surface area contributed by atoms with Gasteiger partial charge in [-0.15, -0.1) is 11.3 Å². The van der Waals surface area contributed by atoms with E-state index in [1.807, 2.05) is 18.2 Å². The summed E-state index contributed by atoms with van der Waals surface area (Å²) in [6, 6.07) is 21.0. The lowest BCUT2D eigenvalue weighted by molar-refractivity contribution is -0.192. The number of aliphatic carboxylic acids is 1. The minimum Gasteiger partial charge on any atom is -0.475 e. The number of rotatable bonds is 2. The highest BCUT2D eigenvalue weighted by Gasteiger charge is 2.38. The minimum absolute atomic E-state index is 0.154. The summed E-state index contributed by atoms with van der Waals surface area (Å²) >= 11 is 5.31. The maximum absolute atomic E-state index is 10.6. The molecule has 156 valence electrons. The predicted molar refractivity (Wildman–Crippen MR) is 115 cm³/mol. The third-order valence-electron chi connectivity index (χ3n) is 4.17. The second-order valence-electron chi connectivity index (χ2n) is 6.32. The average molecular weight is 497 g/mol. The molecule has 1 aromatic heterocycles. The Kier molecular flexibility index (Phi) is 6.94. The van der Waals surface area contributed by atoms with Crippen LogP contribution in [0.1, 0.15) is 22.0 Å². The van der Waals surface area contributed by atoms with E-state index in [0.717, 1.165) is 22.4 Å². The van der Waals surface area contributed by atoms with Crippen molar-refractivity contribution in [2.24, 2.45) is 4.99 Å². The lowest BCUT2D eigenvalue weighted by Crippen LogP contribution is -2.21. The first-order valence-corrected chi connectivity index (χ1v) is 10.4. The first-order chi connectivity index (χ1) is 14.2. The first kappa shape index (κ1) is 22.0. The summed E-state index contributed by atoms with van der Waals surface area (Å²) < 4.78 is 32.8. The number of fused-ring (bicyclic) bond motifs is 1. The molecule has 1 aliphatic rings. The maximum atomic E-state index is 10.6. The van der Waals surface area contributed by atoms with Crippen LogP contribution >= 0.6 is 27.3 Å². The molecule has 9 heteroatoms. The largest absolute Gasteiger partial charge is 0.490 e. The number of anilines is 1. The van der Waals surface area contributed by atoms with Gasteiger partial charge in [-0.25, -0.2) is 4.79 Å². The van der Waals surface area contributed by atoms with Crippen molar-refractivity contribution in [3.8, 4) is 0 Å². The van der Waals surface area contributed by atoms with Gasteiger partial charge < -0.3 is 10.4 Å². The highest BCUT2D eigenvalue weighted by molar-refractivity contribution is 9.10. The van der Waals surface area contributed by atoms with Crippen molar-refractivity contribution in [1.29, 1.82) is 0 Å². The Balaban J connectivity index is 0.000000318. The number of aliphatic imine (C=N–C) groups is 1. The summed E-state index contributed by atoms with van der Waals surface area (Å²) in [6.45, 7) is 0. The van der Waals surface area contributed by atoms with Crippen LogP contribution in [-0.4, -0.2) is 23.1 Å². The van der Waals surface area contributed by atoms with Crippen LogP contribution in [0.3, 0.4) is 0 Å². The molecule has 4 rings (SSSR count). The van der Waals surface area contributed by atoms with Crippen molar-refractivity contribution in [2.75, 3.05) is 5.32 Å². The van der Waals surface area contributed by atoms with Crippen LogP contribution in [-0.2, 0) is 11.2 Å². The Bertz CT molecular complexity index is 1050. The van der Waals surface area contributed by atoms with Crippen molar-refractivity contribution < 1.29 is 23.1 Å². The van der Waals surface area contributed by atoms with Gasteiger partial charge in [0.1, 0.15) is 5.84 Å². The number of carboxylic acids is 1. The Morgan fingerprint density at radius 2 is 1.83 bits per heavy atom. The van der Waals surface area contributed by atoms with E-state index in [1.54, 1.807) is 11.3 Å². The van der Waals surface area contributed by atoms with Crippen LogP contribution in [0.15, 0.2) is 75.5 Å². The van der Waals surface area contributed by atoms with E-state index >= 15 is 0 Å². The molecule has 0 amide bonds. The molecule has 0 fully saturated rings. The molecule has 1 atom stereocenters. The molecule has 1 aliphatic heterocycles. The third-order valence-corrected chi connectivity index (χ3v) is 5.63. The molecule has 1 unspecified atom stereocenters. The molecule has 2 aromatic carbocycles. The summed E-state index contributed by atoms with van der Waals surface area (Å²) in [5.74, 6) is -1.79. The Hall–Kier alpha value is -2.65. The summed E-state index contributed by atoms with van der Waals surface area (Å²) in [6.07, 6.45) is -4.13. The number of hydrogen-bond acceptors (Lipinski definition) is 4. The molecule has 0 saturated carbocycles. The predicted octanol–water partition coefficient (Wildman–Crippen LogP) is 6.30. The van der Waals surface area contributed by atoms with Crippen LogP contribution < -0.4 is 5.32 Å². The first-order valence-electron chi connectivity index (χ1n) is 8.76. The minimum atomic E-state index is -5.08. The second-order valence-corrected chi connectivity index (χ2v) is 8.15. The van der Waals surface area contributed by atoms with Gasteiger partial charge in [0, 0.05) is 16.6 Å². The molecule has 4 nitrogen and oxygen atoms in total. The van der Waals surface area contributed by atoms with E-state index in [4.69, 9.17) is 14.9 Å². The fraction of sp³-hybridized carbons (Fsp3) is 0.143. The number of halogens is 4. The lowest BCUT2D eigenvalue weighted by Gasteiger charge is -2.22. The molecule has 0 bridgehead atoms. The van der Waals surface area contributed by atoms with Gasteiger partial charge >= 0.3 is 12.1 Å². The fourth-order valence-corrected chi connectivity index (χ4v) is 4.13. The molecular weight excluding hydrogens is 481 g/mol. The Labute approximate surface area is 183 Å². The topological polar surface area (TPSA) is 61.7 Å². The maximum Gasteiger partial charge on any atom is 0.490 e. The number of carbonyl (C=O) groups is 1. The van der Waals surface area contributed by atoms with Crippen molar-refractivity contribution >= 4 is 44.8 Å². The number of hydrogen-bond donors (Lipinski definition) is 2. The van der Waals surface area contributed by atoms with E-state index in [2.05, 4.69) is 69.1 Å². The smallest absolute Gasteiger partial charge is 0.475 e. The number of amidine groups is 1. The molecule has 30 heavy (non-hydrogen) atoms. The van der Waals surface area contributed by atoms with Gasteiger partial charge in [-0.1, -0.05) is 46.3 Å². The SMILES string of the molecule is Brc1cccc(C2Cc3ccsc3C(Nc3ccccc3)=N2)c1.O=C(O)C(F)(F)F. The van der Waals surface area contributed by atoms with Crippen LogP contribution in [0.25, 0.3) is 0 Å². The zero-order valence-electron chi connectivity index (χ0n) is 15.4. The highest BCUT2D eigenvalue weighted by atomic mass is 79.9. The van der Waals surface area contributed by atoms with Gasteiger partial charge in [0.2, 0.25) is 0 Å². The van der Waals surface area contributed by atoms with E-state index in [1.165, 1.54) is 16.0 Å². The van der Waals surface area contributed by atoms with E-state index in [0.29, 0.717) is 0 Å². The number of nitrogens with zero attached hydrogens (tertiary/aromatic N) is 1. The zero-order chi connectivity index (χ0) is 21.7. The Morgan fingerprint density at radius 1 is 1.13 bits per heavy atom. The van der Waals surface area contributed by atoms with Gasteiger partial charge in [-0.3, -0.25) is 4.99 Å². The second kappa shape index (κ2) is 9.44. The van der Waals surface area contributed by atoms with Gasteiger partial charge in [0.15, 0.2) is 0 Å². The van der Waals surface area contributed by atoms with E-state index in [-0.39, 0.29) is 6.04 Å². The van der Waals surface area contributed by atoms with Crippen LogP contribution in [0, 0.1) is 0 Å². The fourth-order valence-electron chi connectivity index (χ4n) is 2.83. The quantitative estimate of drug-likeness (QED) is 0.437. The van der Waals surface area contributed by atoms with E-state index < -0.39 is 12.1 Å². The van der Waals surface area contributed by atoms with Gasteiger partial charge in [0.25, 0.3) is 0 Å². The Morgan fingerprint density at radius 3 is 2.47 bits per heavy atom. The monoisotopic (exact) mass is 496 g/mol. The van der Waals surface area contributed by atoms with Gasteiger partial charge in [0.05, 0.1) is 10.9 Å². The average Bonchev–Trinajstić information content (AvgIpc) is 3.17. The molecule has 0 aliphatic carbocycles. The third kappa shape index (κ3) is 5.70. The van der Waals surface area contributed by atoms with Crippen molar-refractivity contribution in [2.45, 2.75) is 18.6 Å². The van der Waals surface area contributed by atoms with Crippen LogP contribution in [0.4, 0.5) is 18.9 Å². The van der Waals surface area contributed by atoms with E-state index in [9.17, 15) is 13.2 Å². The van der Waals surface area contributed by atoms with Crippen LogP contribution in [0.5, 0.6) is 0 Å². The number of para-hydroxylation sites is 1. The zero-order valence-corrected chi connectivity index (χ0v) is 17.8. The van der Waals surface area contributed by atoms with Crippen LogP contribution in [0.2, 0.25) is 0 Å². The summed E-state index contributed by atoms with van der Waals surface area (Å²) in [4.78, 5) is 15.1. The molecular formula is C21H16BrF3N2O2S. The number of nitrogens with one attached hydrogen (secondary N) is 1. The normalized spacial score (nSPS) is 15.3. The summed E-state index contributed by atoms with van der Waals surface area (Å²) in [7, 11) is 0. The molecule has 2 N–H and O–H groups in total. The standard InChI is InChI=1S/C19H15BrN2S.C2HF3O2/c20-15-6-4-5-13(11-15)17-12-14-9-10-23-18(14)19(22-17)21-16-7-2-1-3-8-16;3-2(4,5)1(6)7/h1-11,17H,12H2,(H,21,22);(H,6,7). The number of alkyl halides is 3. The van der Waals surface area contributed by atoms with Crippen molar-refractivity contribution in [3.05, 3.63) is 86.5 Å². The number of benzene rings is 2. The van der Waals surface area contributed by atoms with Gasteiger partial charge in [-0.05, 0) is 46.8 Å². The number of thiophene rings is 1. The molecule has 0 saturated heterocycles. The molecule has 2 heterocycles. The number of carboxylic acid groups (broad SMARTS) is 1.